The molecule has 28 heavy (non-hydrogen) atoms. The Kier molecular flexibility index (Phi) is 4.00. The summed E-state index contributed by atoms with van der Waals surface area (Å²) in [7, 11) is 0. The number of aromatic nitrogens is 3. The van der Waals surface area contributed by atoms with Crippen molar-refractivity contribution in [3.63, 3.8) is 0 Å². The molecule has 4 aromatic rings. The Labute approximate surface area is 167 Å². The third-order valence-corrected chi connectivity index (χ3v) is 5.51. The Morgan fingerprint density at radius 2 is 1.89 bits per heavy atom. The summed E-state index contributed by atoms with van der Waals surface area (Å²) in [5, 5.41) is 11.1. The lowest BCUT2D eigenvalue weighted by atomic mass is 10.0. The molecule has 6 heteroatoms. The van der Waals surface area contributed by atoms with Gasteiger partial charge in [-0.1, -0.05) is 41.9 Å². The SMILES string of the molecule is N#Cc1cnc2c(Cl)cccc2c1N1CCc2c(ncn2-c2ccccc2)C1. The van der Waals surface area contributed by atoms with Gasteiger partial charge < -0.3 is 9.47 Å². The van der Waals surface area contributed by atoms with Crippen molar-refractivity contribution in [2.75, 3.05) is 11.4 Å². The second kappa shape index (κ2) is 6.66. The van der Waals surface area contributed by atoms with E-state index in [0.29, 0.717) is 17.1 Å². The van der Waals surface area contributed by atoms with E-state index in [1.807, 2.05) is 42.7 Å². The van der Waals surface area contributed by atoms with Crippen molar-refractivity contribution in [1.82, 2.24) is 14.5 Å². The number of rotatable bonds is 2. The predicted octanol–water partition coefficient (Wildman–Crippen LogP) is 4.51. The molecular formula is C22H16ClN5. The molecule has 0 radical (unpaired) electrons. The Bertz CT molecular complexity index is 1220. The van der Waals surface area contributed by atoms with Gasteiger partial charge in [-0.2, -0.15) is 5.26 Å². The predicted molar refractivity (Wildman–Crippen MR) is 110 cm³/mol. The zero-order chi connectivity index (χ0) is 19.1. The van der Waals surface area contributed by atoms with Gasteiger partial charge in [-0.05, 0) is 18.2 Å². The molecule has 0 saturated carbocycles. The lowest BCUT2D eigenvalue weighted by Gasteiger charge is -2.30. The topological polar surface area (TPSA) is 57.7 Å². The summed E-state index contributed by atoms with van der Waals surface area (Å²) in [6.45, 7) is 1.45. The van der Waals surface area contributed by atoms with E-state index in [1.54, 1.807) is 6.20 Å². The van der Waals surface area contributed by atoms with Gasteiger partial charge in [0.1, 0.15) is 6.07 Å². The number of fused-ring (bicyclic) bond motifs is 2. The van der Waals surface area contributed by atoms with E-state index >= 15 is 0 Å². The quantitative estimate of drug-likeness (QED) is 0.509. The van der Waals surface area contributed by atoms with Gasteiger partial charge in [0.15, 0.2) is 0 Å². The van der Waals surface area contributed by atoms with Crippen LogP contribution in [0.4, 0.5) is 5.69 Å². The molecule has 0 aliphatic carbocycles. The lowest BCUT2D eigenvalue weighted by Crippen LogP contribution is -2.32. The molecule has 0 amide bonds. The summed E-state index contributed by atoms with van der Waals surface area (Å²) < 4.78 is 2.15. The van der Waals surface area contributed by atoms with Crippen LogP contribution >= 0.6 is 11.6 Å². The van der Waals surface area contributed by atoms with Crippen LogP contribution in [0.1, 0.15) is 17.0 Å². The number of para-hydroxylation sites is 2. The first-order chi connectivity index (χ1) is 13.8. The summed E-state index contributed by atoms with van der Waals surface area (Å²) in [5.41, 5.74) is 5.53. The highest BCUT2D eigenvalue weighted by atomic mass is 35.5. The van der Waals surface area contributed by atoms with E-state index in [9.17, 15) is 5.26 Å². The van der Waals surface area contributed by atoms with Gasteiger partial charge in [-0.15, -0.1) is 0 Å². The van der Waals surface area contributed by atoms with Crippen LogP contribution in [-0.4, -0.2) is 21.1 Å². The minimum absolute atomic E-state index is 0.556. The maximum Gasteiger partial charge on any atom is 0.103 e. The standard InChI is InChI=1S/C22H16ClN5/c23-18-8-4-7-17-21(18)25-12-15(11-24)22(17)27-10-9-20-19(13-27)26-14-28(20)16-5-2-1-3-6-16/h1-8,12,14H,9-10,13H2. The number of benzene rings is 2. The van der Waals surface area contributed by atoms with Crippen molar-refractivity contribution in [3.05, 3.63) is 83.0 Å². The summed E-state index contributed by atoms with van der Waals surface area (Å²) in [4.78, 5) is 11.3. The van der Waals surface area contributed by atoms with Crippen LogP contribution in [0.5, 0.6) is 0 Å². The summed E-state index contributed by atoms with van der Waals surface area (Å²) >= 11 is 6.34. The molecular weight excluding hydrogens is 370 g/mol. The molecule has 136 valence electrons. The number of imidazole rings is 1. The molecule has 0 spiro atoms. The number of hydrogen-bond acceptors (Lipinski definition) is 4. The van der Waals surface area contributed by atoms with Gasteiger partial charge >= 0.3 is 0 Å². The Hall–Kier alpha value is -3.36. The number of halogens is 1. The van der Waals surface area contributed by atoms with E-state index in [-0.39, 0.29) is 0 Å². The van der Waals surface area contributed by atoms with Crippen LogP contribution in [0.2, 0.25) is 5.02 Å². The molecule has 0 atom stereocenters. The zero-order valence-corrected chi connectivity index (χ0v) is 15.8. The smallest absolute Gasteiger partial charge is 0.103 e. The Balaban J connectivity index is 1.59. The average Bonchev–Trinajstić information content (AvgIpc) is 3.17. The van der Waals surface area contributed by atoms with Gasteiger partial charge in [0, 0.05) is 35.9 Å². The van der Waals surface area contributed by atoms with Crippen molar-refractivity contribution in [3.8, 4) is 11.8 Å². The van der Waals surface area contributed by atoms with E-state index in [2.05, 4.69) is 37.6 Å². The second-order valence-corrected chi connectivity index (χ2v) is 7.19. The van der Waals surface area contributed by atoms with Crippen molar-refractivity contribution >= 4 is 28.2 Å². The third kappa shape index (κ3) is 2.62. The molecule has 2 aromatic heterocycles. The maximum atomic E-state index is 9.66. The molecule has 0 fully saturated rings. The first kappa shape index (κ1) is 16.8. The van der Waals surface area contributed by atoms with Crippen LogP contribution in [0.25, 0.3) is 16.6 Å². The molecule has 5 nitrogen and oxygen atoms in total. The highest BCUT2D eigenvalue weighted by molar-refractivity contribution is 6.35. The third-order valence-electron chi connectivity index (χ3n) is 5.20. The molecule has 2 aromatic carbocycles. The number of nitriles is 1. The van der Waals surface area contributed by atoms with Crippen LogP contribution < -0.4 is 4.90 Å². The molecule has 0 unspecified atom stereocenters. The molecule has 1 aliphatic rings. The Morgan fingerprint density at radius 1 is 1.04 bits per heavy atom. The fraction of sp³-hybridized carbons (Fsp3) is 0.136. The molecule has 0 N–H and O–H groups in total. The zero-order valence-electron chi connectivity index (χ0n) is 15.0. The molecule has 0 bridgehead atoms. The van der Waals surface area contributed by atoms with Gasteiger partial charge in [0.05, 0.1) is 40.4 Å². The highest BCUT2D eigenvalue weighted by Gasteiger charge is 2.25. The Morgan fingerprint density at radius 3 is 2.71 bits per heavy atom. The van der Waals surface area contributed by atoms with Crippen molar-refractivity contribution in [2.24, 2.45) is 0 Å². The van der Waals surface area contributed by atoms with Gasteiger partial charge in [0.2, 0.25) is 0 Å². The van der Waals surface area contributed by atoms with E-state index in [0.717, 1.165) is 40.9 Å². The fourth-order valence-electron chi connectivity index (χ4n) is 3.91. The number of anilines is 1. The van der Waals surface area contributed by atoms with Crippen LogP contribution in [0.3, 0.4) is 0 Å². The van der Waals surface area contributed by atoms with Gasteiger partial charge in [-0.25, -0.2) is 4.98 Å². The maximum absolute atomic E-state index is 9.66. The second-order valence-electron chi connectivity index (χ2n) is 6.78. The minimum atomic E-state index is 0.556. The lowest BCUT2D eigenvalue weighted by molar-refractivity contribution is 0.700. The van der Waals surface area contributed by atoms with Crippen molar-refractivity contribution in [2.45, 2.75) is 13.0 Å². The molecule has 3 heterocycles. The van der Waals surface area contributed by atoms with Gasteiger partial charge in [-0.3, -0.25) is 4.98 Å². The summed E-state index contributed by atoms with van der Waals surface area (Å²) in [6, 6.07) is 18.2. The normalized spacial score (nSPS) is 13.4. The number of nitrogens with zero attached hydrogens (tertiary/aromatic N) is 5. The van der Waals surface area contributed by atoms with Crippen LogP contribution in [0.15, 0.2) is 61.1 Å². The van der Waals surface area contributed by atoms with Gasteiger partial charge in [0.25, 0.3) is 0 Å². The summed E-state index contributed by atoms with van der Waals surface area (Å²) in [5.74, 6) is 0. The van der Waals surface area contributed by atoms with E-state index in [4.69, 9.17) is 11.6 Å². The summed E-state index contributed by atoms with van der Waals surface area (Å²) in [6.07, 6.45) is 4.34. The molecule has 0 saturated heterocycles. The monoisotopic (exact) mass is 385 g/mol. The average molecular weight is 386 g/mol. The minimum Gasteiger partial charge on any atom is -0.363 e. The largest absolute Gasteiger partial charge is 0.363 e. The first-order valence-electron chi connectivity index (χ1n) is 9.09. The first-order valence-corrected chi connectivity index (χ1v) is 9.47. The molecule has 1 aliphatic heterocycles. The van der Waals surface area contributed by atoms with E-state index in [1.165, 1.54) is 5.69 Å². The fourth-order valence-corrected chi connectivity index (χ4v) is 4.13. The van der Waals surface area contributed by atoms with Crippen molar-refractivity contribution < 1.29 is 0 Å². The van der Waals surface area contributed by atoms with Crippen LogP contribution in [0, 0.1) is 11.3 Å². The molecule has 5 rings (SSSR count). The number of hydrogen-bond donors (Lipinski definition) is 0. The highest BCUT2D eigenvalue weighted by Crippen LogP contribution is 2.35. The number of pyridine rings is 1. The van der Waals surface area contributed by atoms with E-state index < -0.39 is 0 Å². The van der Waals surface area contributed by atoms with Crippen molar-refractivity contribution in [1.29, 1.82) is 5.26 Å². The van der Waals surface area contributed by atoms with Crippen LogP contribution in [-0.2, 0) is 13.0 Å².